The number of likely N-dealkylation sites (tertiary alicyclic amines) is 1. The van der Waals surface area contributed by atoms with Gasteiger partial charge in [0.2, 0.25) is 0 Å². The van der Waals surface area contributed by atoms with Crippen LogP contribution < -0.4 is 5.32 Å². The number of aromatic nitrogens is 4. The minimum absolute atomic E-state index is 0.00276. The smallest absolute Gasteiger partial charge is 0.317 e. The summed E-state index contributed by atoms with van der Waals surface area (Å²) in [6.07, 6.45) is 5.46. The van der Waals surface area contributed by atoms with Crippen molar-refractivity contribution in [2.24, 2.45) is 7.05 Å². The average molecular weight is 423 g/mol. The van der Waals surface area contributed by atoms with Crippen LogP contribution in [0.2, 0.25) is 0 Å². The van der Waals surface area contributed by atoms with Crippen LogP contribution in [-0.2, 0) is 19.3 Å². The standard InChI is InChI=1S/C22H26N6OS/c1-27-20(25-26-22(27)30-16-18-8-5-11-23-14-18)19-9-12-28(13-10-19)21(29)24-15-17-6-3-2-4-7-17/h2-8,11,14,19H,9-10,12-13,15-16H2,1H3,(H,24,29). The van der Waals surface area contributed by atoms with E-state index in [1.165, 1.54) is 5.56 Å². The van der Waals surface area contributed by atoms with Gasteiger partial charge in [-0.25, -0.2) is 4.79 Å². The number of nitrogens with one attached hydrogen (secondary N) is 1. The average Bonchev–Trinajstić information content (AvgIpc) is 3.18. The number of pyridine rings is 1. The Morgan fingerprint density at radius 1 is 1.10 bits per heavy atom. The van der Waals surface area contributed by atoms with Gasteiger partial charge in [0.25, 0.3) is 0 Å². The van der Waals surface area contributed by atoms with Gasteiger partial charge in [0.05, 0.1) is 0 Å². The molecule has 0 atom stereocenters. The normalized spacial score (nSPS) is 14.6. The Kier molecular flexibility index (Phi) is 6.63. The molecule has 4 rings (SSSR count). The number of amides is 2. The van der Waals surface area contributed by atoms with Crippen molar-refractivity contribution in [3.63, 3.8) is 0 Å². The Balaban J connectivity index is 1.27. The second-order valence-corrected chi connectivity index (χ2v) is 8.40. The molecule has 2 amide bonds. The zero-order chi connectivity index (χ0) is 20.8. The van der Waals surface area contributed by atoms with Crippen molar-refractivity contribution in [2.75, 3.05) is 13.1 Å². The summed E-state index contributed by atoms with van der Waals surface area (Å²) in [7, 11) is 2.03. The van der Waals surface area contributed by atoms with E-state index in [9.17, 15) is 4.79 Å². The molecule has 7 nitrogen and oxygen atoms in total. The van der Waals surface area contributed by atoms with Crippen LogP contribution in [0.4, 0.5) is 4.79 Å². The topological polar surface area (TPSA) is 75.9 Å². The Morgan fingerprint density at radius 2 is 1.87 bits per heavy atom. The molecule has 1 fully saturated rings. The first-order chi connectivity index (χ1) is 14.7. The highest BCUT2D eigenvalue weighted by atomic mass is 32.2. The molecule has 156 valence electrons. The molecule has 8 heteroatoms. The van der Waals surface area contributed by atoms with Gasteiger partial charge >= 0.3 is 6.03 Å². The van der Waals surface area contributed by atoms with Gasteiger partial charge in [-0.1, -0.05) is 48.2 Å². The maximum atomic E-state index is 12.5. The molecule has 0 unspecified atom stereocenters. The highest BCUT2D eigenvalue weighted by Gasteiger charge is 2.27. The predicted molar refractivity (Wildman–Crippen MR) is 117 cm³/mol. The number of hydrogen-bond donors (Lipinski definition) is 1. The number of piperidine rings is 1. The summed E-state index contributed by atoms with van der Waals surface area (Å²) in [5.74, 6) is 2.15. The summed E-state index contributed by atoms with van der Waals surface area (Å²) >= 11 is 1.67. The van der Waals surface area contributed by atoms with Gasteiger partial charge in [0.15, 0.2) is 5.16 Å². The van der Waals surface area contributed by atoms with Crippen molar-refractivity contribution in [2.45, 2.75) is 36.2 Å². The first-order valence-electron chi connectivity index (χ1n) is 10.2. The van der Waals surface area contributed by atoms with E-state index in [0.717, 1.165) is 48.2 Å². The van der Waals surface area contributed by atoms with Gasteiger partial charge in [-0.2, -0.15) is 0 Å². The lowest BCUT2D eigenvalue weighted by molar-refractivity contribution is 0.179. The Labute approximate surface area is 180 Å². The molecule has 0 spiro atoms. The third-order valence-electron chi connectivity index (χ3n) is 5.39. The van der Waals surface area contributed by atoms with E-state index in [4.69, 9.17) is 0 Å². The number of nitrogens with zero attached hydrogens (tertiary/aromatic N) is 5. The monoisotopic (exact) mass is 422 g/mol. The zero-order valence-electron chi connectivity index (χ0n) is 17.1. The quantitative estimate of drug-likeness (QED) is 0.615. The second-order valence-electron chi connectivity index (χ2n) is 7.46. The van der Waals surface area contributed by atoms with Crippen molar-refractivity contribution >= 4 is 17.8 Å². The van der Waals surface area contributed by atoms with Crippen LogP contribution in [-0.4, -0.2) is 43.8 Å². The molecular formula is C22H26N6OS. The molecule has 30 heavy (non-hydrogen) atoms. The molecule has 1 N–H and O–H groups in total. The highest BCUT2D eigenvalue weighted by Crippen LogP contribution is 2.29. The van der Waals surface area contributed by atoms with Crippen molar-refractivity contribution in [3.8, 4) is 0 Å². The van der Waals surface area contributed by atoms with E-state index >= 15 is 0 Å². The number of carbonyl (C=O) groups is 1. The van der Waals surface area contributed by atoms with E-state index in [1.807, 2.05) is 54.5 Å². The third kappa shape index (κ3) is 4.99. The van der Waals surface area contributed by atoms with E-state index in [1.54, 1.807) is 18.0 Å². The molecule has 2 aromatic heterocycles. The molecule has 1 aliphatic heterocycles. The van der Waals surface area contributed by atoms with Crippen LogP contribution in [0.25, 0.3) is 0 Å². The lowest BCUT2D eigenvalue weighted by Crippen LogP contribution is -2.44. The van der Waals surface area contributed by atoms with Gasteiger partial charge in [-0.3, -0.25) is 4.98 Å². The molecule has 1 saturated heterocycles. The zero-order valence-corrected chi connectivity index (χ0v) is 17.9. The summed E-state index contributed by atoms with van der Waals surface area (Å²) < 4.78 is 2.09. The molecule has 1 aromatic carbocycles. The van der Waals surface area contributed by atoms with E-state index in [2.05, 4.69) is 31.1 Å². The first-order valence-corrected chi connectivity index (χ1v) is 11.2. The number of benzene rings is 1. The first kappa shape index (κ1) is 20.4. The summed E-state index contributed by atoms with van der Waals surface area (Å²) in [5, 5.41) is 12.8. The number of hydrogen-bond acceptors (Lipinski definition) is 5. The van der Waals surface area contributed by atoms with Gasteiger partial charge in [-0.05, 0) is 30.0 Å². The fourth-order valence-corrected chi connectivity index (χ4v) is 4.52. The Bertz CT molecular complexity index is 954. The van der Waals surface area contributed by atoms with Crippen LogP contribution in [0.15, 0.2) is 60.0 Å². The maximum Gasteiger partial charge on any atom is 0.317 e. The molecule has 3 heterocycles. The van der Waals surface area contributed by atoms with Gasteiger partial charge in [0.1, 0.15) is 5.82 Å². The number of thioether (sulfide) groups is 1. The van der Waals surface area contributed by atoms with Gasteiger partial charge < -0.3 is 14.8 Å². The Hall–Kier alpha value is -2.87. The predicted octanol–water partition coefficient (Wildman–Crippen LogP) is 3.59. The van der Waals surface area contributed by atoms with Crippen LogP contribution in [0.3, 0.4) is 0 Å². The number of rotatable bonds is 6. The van der Waals surface area contributed by atoms with Gasteiger partial charge in [0, 0.05) is 50.7 Å². The fourth-order valence-electron chi connectivity index (χ4n) is 3.66. The maximum absolute atomic E-state index is 12.5. The molecule has 3 aromatic rings. The number of carbonyl (C=O) groups excluding carboxylic acids is 1. The van der Waals surface area contributed by atoms with Crippen LogP contribution in [0, 0.1) is 0 Å². The molecule has 0 radical (unpaired) electrons. The lowest BCUT2D eigenvalue weighted by Gasteiger charge is -2.31. The minimum atomic E-state index is 0.00276. The molecular weight excluding hydrogens is 396 g/mol. The van der Waals surface area contributed by atoms with Crippen molar-refractivity contribution < 1.29 is 4.79 Å². The second kappa shape index (κ2) is 9.75. The minimum Gasteiger partial charge on any atom is -0.334 e. The summed E-state index contributed by atoms with van der Waals surface area (Å²) in [6, 6.07) is 14.0. The molecule has 1 aliphatic rings. The molecule has 0 bridgehead atoms. The van der Waals surface area contributed by atoms with Crippen LogP contribution in [0.1, 0.15) is 35.7 Å². The van der Waals surface area contributed by atoms with Gasteiger partial charge in [-0.15, -0.1) is 10.2 Å². The highest BCUT2D eigenvalue weighted by molar-refractivity contribution is 7.98. The van der Waals surface area contributed by atoms with E-state index < -0.39 is 0 Å². The lowest BCUT2D eigenvalue weighted by atomic mass is 9.96. The van der Waals surface area contributed by atoms with Crippen LogP contribution in [0.5, 0.6) is 0 Å². The van der Waals surface area contributed by atoms with Crippen molar-refractivity contribution in [3.05, 3.63) is 71.8 Å². The third-order valence-corrected chi connectivity index (χ3v) is 6.48. The van der Waals surface area contributed by atoms with Crippen molar-refractivity contribution in [1.82, 2.24) is 30.0 Å². The fraction of sp³-hybridized carbons (Fsp3) is 0.364. The largest absolute Gasteiger partial charge is 0.334 e. The van der Waals surface area contributed by atoms with Crippen LogP contribution >= 0.6 is 11.8 Å². The SMILES string of the molecule is Cn1c(SCc2cccnc2)nnc1C1CCN(C(=O)NCc2ccccc2)CC1. The summed E-state index contributed by atoms with van der Waals surface area (Å²) in [5.41, 5.74) is 2.28. The molecule has 0 saturated carbocycles. The van der Waals surface area contributed by atoms with Crippen molar-refractivity contribution in [1.29, 1.82) is 0 Å². The summed E-state index contributed by atoms with van der Waals surface area (Å²) in [4.78, 5) is 18.5. The Morgan fingerprint density at radius 3 is 2.60 bits per heavy atom. The summed E-state index contributed by atoms with van der Waals surface area (Å²) in [6.45, 7) is 2.02. The van der Waals surface area contributed by atoms with E-state index in [-0.39, 0.29) is 6.03 Å². The molecule has 0 aliphatic carbocycles. The van der Waals surface area contributed by atoms with E-state index in [0.29, 0.717) is 12.5 Å². The number of urea groups is 1.